The second kappa shape index (κ2) is 26.1. The molecule has 8 rings (SSSR count). The van der Waals surface area contributed by atoms with E-state index in [9.17, 15) is 79.7 Å². The predicted octanol–water partition coefficient (Wildman–Crippen LogP) is 8.95. The van der Waals surface area contributed by atoms with Crippen LogP contribution in [0.2, 0.25) is 0 Å². The lowest BCUT2D eigenvalue weighted by atomic mass is 10.0. The molecule has 0 aliphatic rings. The van der Waals surface area contributed by atoms with E-state index in [2.05, 4.69) is 31.0 Å². The maximum Gasteiger partial charge on any atom is 0.573 e. The molecule has 5 amide bonds. The molecule has 0 aliphatic heterocycles. The molecule has 0 unspecified atom stereocenters. The quantitative estimate of drug-likeness (QED) is 0.00786. The molecule has 0 fully saturated rings. The van der Waals surface area contributed by atoms with Crippen LogP contribution < -0.4 is 36.1 Å². The number of nitrogens with zero attached hydrogens (tertiary/aromatic N) is 3. The number of hydrogen-bond donors (Lipinski definition) is 7. The van der Waals surface area contributed by atoms with Crippen molar-refractivity contribution in [2.75, 3.05) is 42.3 Å². The Morgan fingerprint density at radius 2 is 1.02 bits per heavy atom. The topological polar surface area (TPSA) is 303 Å². The Morgan fingerprint density at radius 1 is 0.552 bits per heavy atom. The summed E-state index contributed by atoms with van der Waals surface area (Å²) < 4.78 is 94.1. The minimum atomic E-state index is -5.31. The molecule has 22 nitrogen and oxygen atoms in total. The molecule has 4 aromatic heterocycles. The van der Waals surface area contributed by atoms with E-state index in [1.54, 1.807) is 67.7 Å². The van der Waals surface area contributed by atoms with Gasteiger partial charge in [0.1, 0.15) is 31.1 Å². The Bertz CT molecular complexity index is 4120. The van der Waals surface area contributed by atoms with Crippen molar-refractivity contribution in [2.45, 2.75) is 32.8 Å². The molecule has 448 valence electrons. The molecular formula is C59H46F6N8O14. The number of alkyl halides is 6. The first kappa shape index (κ1) is 61.7. The van der Waals surface area contributed by atoms with Crippen LogP contribution in [-0.4, -0.2) is 117 Å². The zero-order chi connectivity index (χ0) is 62.9. The van der Waals surface area contributed by atoms with Crippen LogP contribution in [0.5, 0.6) is 11.5 Å². The van der Waals surface area contributed by atoms with Crippen molar-refractivity contribution in [1.82, 2.24) is 19.4 Å². The molecule has 4 aromatic carbocycles. The number of carbonyl (C=O) groups excluding carboxylic acids is 7. The van der Waals surface area contributed by atoms with Gasteiger partial charge in [0.15, 0.2) is 6.40 Å². The fraction of sp³-hybridized carbons (Fsp3) is 0.153. The molecule has 0 saturated carbocycles. The van der Waals surface area contributed by atoms with Gasteiger partial charge in [-0.15, -0.1) is 13.2 Å². The summed E-state index contributed by atoms with van der Waals surface area (Å²) in [4.78, 5) is 119. The average molecular weight is 1210 g/mol. The Balaban J connectivity index is 0.798. The van der Waals surface area contributed by atoms with E-state index in [0.29, 0.717) is 16.6 Å². The summed E-state index contributed by atoms with van der Waals surface area (Å²) in [5, 5.41) is 31.7. The molecule has 0 aliphatic carbocycles. The summed E-state index contributed by atoms with van der Waals surface area (Å²) in [6.45, 7) is 2.85. The number of ether oxygens (including phenoxy) is 3. The molecule has 87 heavy (non-hydrogen) atoms. The number of carbonyl (C=O) groups is 9. The Kier molecular flexibility index (Phi) is 18.5. The van der Waals surface area contributed by atoms with Crippen molar-refractivity contribution in [3.63, 3.8) is 0 Å². The number of aromatic carboxylic acids is 2. The van der Waals surface area contributed by atoms with Crippen LogP contribution in [0.25, 0.3) is 11.0 Å². The summed E-state index contributed by atoms with van der Waals surface area (Å²) in [5.74, 6) is -9.17. The van der Waals surface area contributed by atoms with Crippen molar-refractivity contribution in [1.29, 1.82) is 0 Å². The molecule has 4 heterocycles. The van der Waals surface area contributed by atoms with E-state index in [1.807, 2.05) is 0 Å². The predicted molar refractivity (Wildman–Crippen MR) is 298 cm³/mol. The van der Waals surface area contributed by atoms with Gasteiger partial charge in [-0.1, -0.05) is 24.3 Å². The maximum atomic E-state index is 14.0. The summed E-state index contributed by atoms with van der Waals surface area (Å²) >= 11 is 0. The number of aliphatic imine (C=N–C) groups is 1. The van der Waals surface area contributed by atoms with Gasteiger partial charge in [-0.3, -0.25) is 33.6 Å². The smallest absolute Gasteiger partial charge is 0.492 e. The number of pyridine rings is 2. The van der Waals surface area contributed by atoms with Crippen LogP contribution >= 0.6 is 0 Å². The van der Waals surface area contributed by atoms with Gasteiger partial charge in [0.2, 0.25) is 23.4 Å². The molecule has 0 saturated heterocycles. The third-order valence-corrected chi connectivity index (χ3v) is 12.9. The Labute approximate surface area is 486 Å². The summed E-state index contributed by atoms with van der Waals surface area (Å²) in [7, 11) is 0. The highest BCUT2D eigenvalue weighted by molar-refractivity contribution is 6.17. The first-order valence-electron chi connectivity index (χ1n) is 25.6. The zero-order valence-corrected chi connectivity index (χ0v) is 45.2. The number of benzene rings is 4. The number of hydrogen-bond acceptors (Lipinski definition) is 13. The van der Waals surface area contributed by atoms with E-state index in [1.165, 1.54) is 63.6 Å². The van der Waals surface area contributed by atoms with Crippen molar-refractivity contribution < 1.29 is 93.9 Å². The van der Waals surface area contributed by atoms with E-state index >= 15 is 0 Å². The fourth-order valence-corrected chi connectivity index (χ4v) is 8.90. The SMILES string of the molecule is Cc1c(NC(=O)c2cccc(OCCNC(=O)CC(=O)NCCOc3cccc(C(=O)Nc4c(C)c(C(=O)c5ccc(NC(=O)C(F)(F)F)c(C(=O)O)c5)n5ccccc45)c3)c2)c2ccccn2c1C(=O)c1ccc(/N=C\OC(F)(F)F)c(C(=O)O)c1. The van der Waals surface area contributed by atoms with Crippen molar-refractivity contribution in [3.05, 3.63) is 190 Å². The van der Waals surface area contributed by atoms with Crippen LogP contribution in [0, 0.1) is 13.8 Å². The Hall–Kier alpha value is -11.3. The Morgan fingerprint density at radius 3 is 1.48 bits per heavy atom. The number of ketones is 2. The second-order valence-electron chi connectivity index (χ2n) is 18.7. The monoisotopic (exact) mass is 1200 g/mol. The lowest BCUT2D eigenvalue weighted by molar-refractivity contribution is -0.280. The highest BCUT2D eigenvalue weighted by atomic mass is 19.4. The first-order chi connectivity index (χ1) is 41.3. The standard InChI is InChI=1S/C59H46F6N8O14/c1-31-47(43-13-3-5-21-72(43)49(31)51(76)33-15-17-41(39(27-33)55(80)81)68-30-87-59(63,64)65)70-53(78)35-9-7-11-37(25-35)85-23-19-66-45(74)29-46(75)67-20-24-86-38-12-8-10-36(26-38)54(79)71-48-32(2)50(73-22-6-4-14-44(48)73)52(77)34-16-18-42(40(28-34)56(82)83)69-57(84)58(60,61)62/h3-18,21-22,25-28,30H,19-20,23-24,29H2,1-2H3,(H,66,74)(H,67,75)(H,69,84)(H,70,78)(H,71,79)(H,80,81)(H,82,83)/b68-30-. The van der Waals surface area contributed by atoms with Crippen LogP contribution in [0.4, 0.5) is 49.1 Å². The number of halogens is 6. The molecule has 0 atom stereocenters. The van der Waals surface area contributed by atoms with Crippen molar-refractivity contribution >= 4 is 93.2 Å². The number of anilines is 3. The molecular weight excluding hydrogens is 1160 g/mol. The minimum Gasteiger partial charge on any atom is -0.492 e. The molecule has 8 aromatic rings. The number of carboxylic acid groups (broad SMARTS) is 2. The van der Waals surface area contributed by atoms with Crippen LogP contribution in [0.3, 0.4) is 0 Å². The molecule has 0 bridgehead atoms. The van der Waals surface area contributed by atoms with E-state index in [4.69, 9.17) is 9.47 Å². The highest BCUT2D eigenvalue weighted by Gasteiger charge is 2.39. The van der Waals surface area contributed by atoms with Gasteiger partial charge in [-0.25, -0.2) is 14.6 Å². The van der Waals surface area contributed by atoms with E-state index in [-0.39, 0.29) is 94.8 Å². The third kappa shape index (κ3) is 14.7. The summed E-state index contributed by atoms with van der Waals surface area (Å²) in [5.41, 5.74) is -0.792. The zero-order valence-electron chi connectivity index (χ0n) is 45.2. The van der Waals surface area contributed by atoms with Crippen LogP contribution in [0.15, 0.2) is 139 Å². The van der Waals surface area contributed by atoms with Gasteiger partial charge in [-0.2, -0.15) is 13.2 Å². The number of rotatable bonds is 23. The van der Waals surface area contributed by atoms with Gasteiger partial charge >= 0.3 is 30.4 Å². The maximum absolute atomic E-state index is 14.0. The number of aromatic nitrogens is 2. The van der Waals surface area contributed by atoms with E-state index < -0.39 is 94.5 Å². The molecule has 7 N–H and O–H groups in total. The minimum absolute atomic E-state index is 0.0103. The first-order valence-corrected chi connectivity index (χ1v) is 25.6. The normalized spacial score (nSPS) is 11.4. The van der Waals surface area contributed by atoms with Crippen molar-refractivity contribution in [3.8, 4) is 11.5 Å². The third-order valence-electron chi connectivity index (χ3n) is 12.9. The van der Waals surface area contributed by atoms with Gasteiger partial charge in [0, 0.05) is 45.8 Å². The van der Waals surface area contributed by atoms with E-state index in [0.717, 1.165) is 30.3 Å². The van der Waals surface area contributed by atoms with Crippen LogP contribution in [0.1, 0.15) is 91.1 Å². The van der Waals surface area contributed by atoms with Crippen LogP contribution in [-0.2, 0) is 19.1 Å². The lowest BCUT2D eigenvalue weighted by Crippen LogP contribution is -2.35. The molecule has 0 radical (unpaired) electrons. The van der Waals surface area contributed by atoms with Gasteiger partial charge in [0.05, 0.1) is 69.4 Å². The van der Waals surface area contributed by atoms with Crippen molar-refractivity contribution in [2.24, 2.45) is 4.99 Å². The number of carboxylic acids is 2. The van der Waals surface area contributed by atoms with Gasteiger partial charge in [-0.05, 0) is 111 Å². The number of nitrogens with one attached hydrogen (secondary N) is 5. The highest BCUT2D eigenvalue weighted by Crippen LogP contribution is 2.34. The summed E-state index contributed by atoms with van der Waals surface area (Å²) in [6.07, 6.45) is -7.83. The van der Waals surface area contributed by atoms with Gasteiger partial charge < -0.3 is 59.8 Å². The number of fused-ring (bicyclic) bond motifs is 2. The molecule has 28 heteroatoms. The molecule has 0 spiro atoms. The average Bonchev–Trinajstić information content (AvgIpc) is 1.85. The fourth-order valence-electron chi connectivity index (χ4n) is 8.90. The summed E-state index contributed by atoms with van der Waals surface area (Å²) in [6, 6.07) is 27.7. The number of amides is 5. The van der Waals surface area contributed by atoms with Gasteiger partial charge in [0.25, 0.3) is 11.8 Å². The lowest BCUT2D eigenvalue weighted by Gasteiger charge is -2.12. The largest absolute Gasteiger partial charge is 0.573 e. The second-order valence-corrected chi connectivity index (χ2v) is 18.7.